The molecular weight excluding hydrogens is 332 g/mol. The molecule has 2 aliphatic rings. The number of likely N-dealkylation sites (tertiary alicyclic amines) is 1. The van der Waals surface area contributed by atoms with Crippen molar-refractivity contribution in [3.8, 4) is 24.7 Å². The van der Waals surface area contributed by atoms with Crippen LogP contribution in [-0.2, 0) is 0 Å². The van der Waals surface area contributed by atoms with Gasteiger partial charge in [-0.15, -0.1) is 12.8 Å². The number of alkyl halides is 1. The molecule has 0 spiro atoms. The molecule has 0 radical (unpaired) electrons. The van der Waals surface area contributed by atoms with Crippen molar-refractivity contribution in [1.29, 1.82) is 0 Å². The van der Waals surface area contributed by atoms with Crippen LogP contribution in [0.15, 0.2) is 0 Å². The fraction of sp³-hybridized carbons (Fsp3) is 0.750. The third kappa shape index (κ3) is 12.9. The summed E-state index contributed by atoms with van der Waals surface area (Å²) in [5, 5.41) is 21.8. The molecular formula is C16H27BrN2O2. The molecule has 0 amide bonds. The molecule has 4 nitrogen and oxygen atoms in total. The Labute approximate surface area is 137 Å². The summed E-state index contributed by atoms with van der Waals surface area (Å²) in [5.74, 6) is 4.92. The van der Waals surface area contributed by atoms with Crippen LogP contribution in [0.25, 0.3) is 0 Å². The second-order valence-electron chi connectivity index (χ2n) is 5.07. The molecule has 0 aromatic heterocycles. The standard InChI is InChI=1S/C8H13NO.C5H11NO.C3H3Br/c1-2-5-9-6-3-4-8(10)7-9;7-5-2-1-3-6-4-5;1-2-3-4/h1,8,10H,3-7H2;5-7H,1-4H2;1H,3H2/t8-;5-;/m00./s1. The van der Waals surface area contributed by atoms with Crippen LogP contribution >= 0.6 is 15.9 Å². The van der Waals surface area contributed by atoms with E-state index in [1.54, 1.807) is 0 Å². The van der Waals surface area contributed by atoms with E-state index in [1.165, 1.54) is 0 Å². The van der Waals surface area contributed by atoms with Crippen molar-refractivity contribution in [2.24, 2.45) is 0 Å². The van der Waals surface area contributed by atoms with Crippen LogP contribution in [0.2, 0.25) is 0 Å². The van der Waals surface area contributed by atoms with Crippen molar-refractivity contribution in [2.75, 3.05) is 38.1 Å². The highest BCUT2D eigenvalue weighted by atomic mass is 79.9. The lowest BCUT2D eigenvalue weighted by molar-refractivity contribution is 0.0781. The van der Waals surface area contributed by atoms with Crippen LogP contribution in [0, 0.1) is 24.7 Å². The van der Waals surface area contributed by atoms with Gasteiger partial charge < -0.3 is 15.5 Å². The number of hydrogen-bond donors (Lipinski definition) is 3. The number of halogens is 1. The maximum Gasteiger partial charge on any atom is 0.0668 e. The van der Waals surface area contributed by atoms with Crippen LogP contribution in [0.5, 0.6) is 0 Å². The molecule has 3 N–H and O–H groups in total. The van der Waals surface area contributed by atoms with E-state index in [9.17, 15) is 5.11 Å². The predicted octanol–water partition coefficient (Wildman–Crippen LogP) is 0.822. The van der Waals surface area contributed by atoms with E-state index in [0.717, 1.165) is 51.9 Å². The quantitative estimate of drug-likeness (QED) is 0.479. The number of hydrogen-bond acceptors (Lipinski definition) is 4. The van der Waals surface area contributed by atoms with Gasteiger partial charge in [0.2, 0.25) is 0 Å². The first kappa shape index (κ1) is 20.4. The summed E-state index contributed by atoms with van der Waals surface area (Å²) < 4.78 is 0. The van der Waals surface area contributed by atoms with Crippen molar-refractivity contribution in [2.45, 2.75) is 37.9 Å². The fourth-order valence-corrected chi connectivity index (χ4v) is 2.14. The molecule has 0 saturated carbocycles. The predicted molar refractivity (Wildman–Crippen MR) is 91.3 cm³/mol. The van der Waals surface area contributed by atoms with E-state index in [0.29, 0.717) is 11.9 Å². The van der Waals surface area contributed by atoms with Crippen molar-refractivity contribution in [3.05, 3.63) is 0 Å². The fourth-order valence-electron chi connectivity index (χ4n) is 2.14. The molecule has 21 heavy (non-hydrogen) atoms. The molecule has 0 bridgehead atoms. The van der Waals surface area contributed by atoms with Gasteiger partial charge in [0.05, 0.1) is 24.1 Å². The van der Waals surface area contributed by atoms with Crippen molar-refractivity contribution in [1.82, 2.24) is 10.2 Å². The van der Waals surface area contributed by atoms with Gasteiger partial charge in [-0.1, -0.05) is 27.8 Å². The number of piperidine rings is 2. The van der Waals surface area contributed by atoms with Gasteiger partial charge in [-0.05, 0) is 38.8 Å². The minimum absolute atomic E-state index is 0.0752. The first-order valence-corrected chi connectivity index (χ1v) is 8.48. The zero-order chi connectivity index (χ0) is 15.9. The smallest absolute Gasteiger partial charge is 0.0668 e. The Hall–Kier alpha value is -0.560. The third-order valence-electron chi connectivity index (χ3n) is 3.14. The van der Waals surface area contributed by atoms with Crippen LogP contribution in [-0.4, -0.2) is 65.4 Å². The molecule has 0 aromatic carbocycles. The van der Waals surface area contributed by atoms with E-state index in [2.05, 4.69) is 38.0 Å². The van der Waals surface area contributed by atoms with Crippen molar-refractivity contribution < 1.29 is 10.2 Å². The molecule has 2 heterocycles. The topological polar surface area (TPSA) is 55.7 Å². The number of nitrogens with one attached hydrogen (secondary N) is 1. The van der Waals surface area contributed by atoms with Gasteiger partial charge in [0, 0.05) is 13.1 Å². The zero-order valence-electron chi connectivity index (χ0n) is 12.6. The maximum atomic E-state index is 9.20. The lowest BCUT2D eigenvalue weighted by atomic mass is 10.1. The summed E-state index contributed by atoms with van der Waals surface area (Å²) in [6.07, 6.45) is 13.7. The summed E-state index contributed by atoms with van der Waals surface area (Å²) in [7, 11) is 0. The third-order valence-corrected chi connectivity index (χ3v) is 3.47. The van der Waals surface area contributed by atoms with Gasteiger partial charge in [0.15, 0.2) is 0 Å². The second-order valence-corrected chi connectivity index (χ2v) is 5.63. The van der Waals surface area contributed by atoms with E-state index in [4.69, 9.17) is 18.0 Å². The summed E-state index contributed by atoms with van der Waals surface area (Å²) in [6, 6.07) is 0. The lowest BCUT2D eigenvalue weighted by Gasteiger charge is -2.27. The number of rotatable bonds is 1. The van der Waals surface area contributed by atoms with Gasteiger partial charge in [-0.3, -0.25) is 4.90 Å². The Balaban J connectivity index is 0.000000317. The van der Waals surface area contributed by atoms with E-state index >= 15 is 0 Å². The van der Waals surface area contributed by atoms with Gasteiger partial charge in [-0.25, -0.2) is 0 Å². The summed E-state index contributed by atoms with van der Waals surface area (Å²) >= 11 is 3.01. The Morgan fingerprint density at radius 2 is 1.81 bits per heavy atom. The molecule has 2 saturated heterocycles. The highest BCUT2D eigenvalue weighted by Gasteiger charge is 2.15. The van der Waals surface area contributed by atoms with Crippen LogP contribution in [0.3, 0.4) is 0 Å². The molecule has 120 valence electrons. The van der Waals surface area contributed by atoms with Gasteiger partial charge in [-0.2, -0.15) is 0 Å². The summed E-state index contributed by atoms with van der Waals surface area (Å²) in [6.45, 7) is 4.35. The number of β-amino-alcohol motifs (C(OH)–C–C–N with tert-alkyl or cyclic N) is 2. The molecule has 5 heteroatoms. The molecule has 2 rings (SSSR count). The Bertz CT molecular complexity index is 319. The molecule has 0 aromatic rings. The number of terminal acetylenes is 2. The first-order chi connectivity index (χ1) is 10.1. The van der Waals surface area contributed by atoms with Crippen molar-refractivity contribution in [3.63, 3.8) is 0 Å². The Morgan fingerprint density at radius 1 is 1.14 bits per heavy atom. The average molecular weight is 359 g/mol. The van der Waals surface area contributed by atoms with Crippen LogP contribution < -0.4 is 5.32 Å². The number of aliphatic hydroxyl groups is 2. The highest BCUT2D eigenvalue weighted by molar-refractivity contribution is 9.09. The van der Waals surface area contributed by atoms with Gasteiger partial charge >= 0.3 is 0 Å². The SMILES string of the molecule is C#CCBr.C#CCN1CCC[C@H](O)C1.O[C@H]1CCCNC1. The van der Waals surface area contributed by atoms with E-state index in [1.807, 2.05) is 0 Å². The minimum atomic E-state index is -0.151. The van der Waals surface area contributed by atoms with Crippen LogP contribution in [0.4, 0.5) is 0 Å². The highest BCUT2D eigenvalue weighted by Crippen LogP contribution is 2.08. The van der Waals surface area contributed by atoms with Crippen LogP contribution in [0.1, 0.15) is 25.7 Å². The van der Waals surface area contributed by atoms with Crippen molar-refractivity contribution >= 4 is 15.9 Å². The molecule has 0 unspecified atom stereocenters. The normalized spacial score (nSPS) is 25.2. The number of nitrogens with zero attached hydrogens (tertiary/aromatic N) is 1. The second kappa shape index (κ2) is 14.4. The monoisotopic (exact) mass is 358 g/mol. The minimum Gasteiger partial charge on any atom is -0.392 e. The largest absolute Gasteiger partial charge is 0.392 e. The van der Waals surface area contributed by atoms with Gasteiger partial charge in [0.25, 0.3) is 0 Å². The molecule has 2 atom stereocenters. The van der Waals surface area contributed by atoms with E-state index in [-0.39, 0.29) is 12.2 Å². The molecule has 2 fully saturated rings. The van der Waals surface area contributed by atoms with Gasteiger partial charge in [0.1, 0.15) is 0 Å². The average Bonchev–Trinajstić information content (AvgIpc) is 2.49. The summed E-state index contributed by atoms with van der Waals surface area (Å²) in [5.41, 5.74) is 0. The molecule has 0 aliphatic carbocycles. The summed E-state index contributed by atoms with van der Waals surface area (Å²) in [4.78, 5) is 2.11. The lowest BCUT2D eigenvalue weighted by Crippen LogP contribution is -2.38. The van der Waals surface area contributed by atoms with E-state index < -0.39 is 0 Å². The first-order valence-electron chi connectivity index (χ1n) is 7.36. The maximum absolute atomic E-state index is 9.20. The Morgan fingerprint density at radius 3 is 2.19 bits per heavy atom. The zero-order valence-corrected chi connectivity index (χ0v) is 14.2. The number of aliphatic hydroxyl groups excluding tert-OH is 2. The Kier molecular flexibility index (Phi) is 14.0. The molecule has 2 aliphatic heterocycles.